The average molecular weight is 349 g/mol. The fourth-order valence-corrected chi connectivity index (χ4v) is 3.20. The molecule has 1 aliphatic rings. The van der Waals surface area contributed by atoms with Crippen molar-refractivity contribution in [2.75, 3.05) is 6.54 Å². The lowest BCUT2D eigenvalue weighted by molar-refractivity contribution is 0.0875. The van der Waals surface area contributed by atoms with Crippen molar-refractivity contribution in [1.29, 1.82) is 0 Å². The van der Waals surface area contributed by atoms with E-state index in [9.17, 15) is 4.79 Å². The first-order valence-corrected chi connectivity index (χ1v) is 8.57. The zero-order chi connectivity index (χ0) is 16.1. The Morgan fingerprint density at radius 1 is 1.29 bits per heavy atom. The van der Waals surface area contributed by atoms with Gasteiger partial charge >= 0.3 is 0 Å². The predicted molar refractivity (Wildman–Crippen MR) is 97.6 cm³/mol. The average Bonchev–Trinajstić information content (AvgIpc) is 3.28. The van der Waals surface area contributed by atoms with Gasteiger partial charge in [0.2, 0.25) is 11.5 Å². The van der Waals surface area contributed by atoms with Crippen molar-refractivity contribution in [2.24, 2.45) is 5.92 Å². The molecule has 0 aliphatic heterocycles. The number of rotatable bonds is 7. The Morgan fingerprint density at radius 2 is 2.00 bits per heavy atom. The van der Waals surface area contributed by atoms with Gasteiger partial charge in [0.25, 0.3) is 0 Å². The van der Waals surface area contributed by atoms with Gasteiger partial charge in [-0.3, -0.25) is 4.79 Å². The maximum absolute atomic E-state index is 12.7. The molecule has 0 amide bonds. The number of nitrogens with zero attached hydrogens (tertiary/aromatic N) is 1. The molecule has 24 heavy (non-hydrogen) atoms. The van der Waals surface area contributed by atoms with Crippen LogP contribution in [0.25, 0.3) is 11.3 Å². The zero-order valence-corrected chi connectivity index (χ0v) is 14.8. The Balaban J connectivity index is 0.00000208. The molecule has 1 heterocycles. The van der Waals surface area contributed by atoms with E-state index in [0.717, 1.165) is 18.5 Å². The Hall–Kier alpha value is -1.65. The highest BCUT2D eigenvalue weighted by atomic mass is 35.5. The number of halogens is 1. The molecule has 1 aliphatic carbocycles. The van der Waals surface area contributed by atoms with Crippen LogP contribution in [0.2, 0.25) is 0 Å². The second-order valence-corrected chi connectivity index (χ2v) is 6.30. The van der Waals surface area contributed by atoms with E-state index in [1.165, 1.54) is 25.7 Å². The fraction of sp³-hybridized carbons (Fsp3) is 0.474. The van der Waals surface area contributed by atoms with Crippen LogP contribution in [-0.2, 0) is 0 Å². The first kappa shape index (κ1) is 18.7. The first-order chi connectivity index (χ1) is 11.3. The largest absolute Gasteiger partial charge is 0.352 e. The van der Waals surface area contributed by atoms with Crippen LogP contribution in [0.15, 0.2) is 40.9 Å². The van der Waals surface area contributed by atoms with E-state index >= 15 is 0 Å². The SMILES string of the molecule is CCC(CNC1CCCC1)C(=O)c1cc(-c2ccccc2)no1.Cl. The highest BCUT2D eigenvalue weighted by Crippen LogP contribution is 2.22. The van der Waals surface area contributed by atoms with Crippen LogP contribution in [0.5, 0.6) is 0 Å². The van der Waals surface area contributed by atoms with Gasteiger partial charge in [-0.1, -0.05) is 55.3 Å². The normalized spacial score (nSPS) is 15.9. The molecule has 1 unspecified atom stereocenters. The summed E-state index contributed by atoms with van der Waals surface area (Å²) in [5.41, 5.74) is 1.68. The summed E-state index contributed by atoms with van der Waals surface area (Å²) in [6.07, 6.45) is 5.85. The van der Waals surface area contributed by atoms with Gasteiger partial charge in [0.15, 0.2) is 0 Å². The smallest absolute Gasteiger partial charge is 0.205 e. The molecule has 0 radical (unpaired) electrons. The van der Waals surface area contributed by atoms with E-state index in [4.69, 9.17) is 4.52 Å². The maximum atomic E-state index is 12.7. The van der Waals surface area contributed by atoms with Crippen LogP contribution in [0, 0.1) is 5.92 Å². The molecule has 4 nitrogen and oxygen atoms in total. The molecule has 0 spiro atoms. The highest BCUT2D eigenvalue weighted by Gasteiger charge is 2.24. The van der Waals surface area contributed by atoms with Gasteiger partial charge in [0, 0.05) is 30.1 Å². The van der Waals surface area contributed by atoms with Crippen molar-refractivity contribution in [1.82, 2.24) is 10.5 Å². The third-order valence-electron chi connectivity index (χ3n) is 4.69. The lowest BCUT2D eigenvalue weighted by Gasteiger charge is -2.17. The second-order valence-electron chi connectivity index (χ2n) is 6.30. The van der Waals surface area contributed by atoms with Crippen LogP contribution in [0.4, 0.5) is 0 Å². The highest BCUT2D eigenvalue weighted by molar-refractivity contribution is 5.96. The van der Waals surface area contributed by atoms with Gasteiger partial charge in [0.05, 0.1) is 0 Å². The third-order valence-corrected chi connectivity index (χ3v) is 4.69. The summed E-state index contributed by atoms with van der Waals surface area (Å²) in [4.78, 5) is 12.7. The summed E-state index contributed by atoms with van der Waals surface area (Å²) >= 11 is 0. The van der Waals surface area contributed by atoms with Crippen molar-refractivity contribution in [3.63, 3.8) is 0 Å². The number of ketones is 1. The molecule has 1 aromatic carbocycles. The van der Waals surface area contributed by atoms with Gasteiger partial charge in [-0.25, -0.2) is 0 Å². The van der Waals surface area contributed by atoms with Gasteiger partial charge in [-0.15, -0.1) is 12.4 Å². The lowest BCUT2D eigenvalue weighted by Crippen LogP contribution is -2.34. The number of hydrogen-bond donors (Lipinski definition) is 1. The number of benzene rings is 1. The summed E-state index contributed by atoms with van der Waals surface area (Å²) in [6.45, 7) is 2.77. The molecule has 1 fully saturated rings. The molecular weight excluding hydrogens is 324 g/mol. The standard InChI is InChI=1S/C19H24N2O2.ClH/c1-2-14(13-20-16-10-6-7-11-16)19(22)18-12-17(21-23-18)15-8-4-3-5-9-15;/h3-5,8-9,12,14,16,20H,2,6-7,10-11,13H2,1H3;1H. The number of carbonyl (C=O) groups is 1. The number of hydrogen-bond acceptors (Lipinski definition) is 4. The van der Waals surface area contributed by atoms with Crippen molar-refractivity contribution < 1.29 is 9.32 Å². The molecule has 1 N–H and O–H groups in total. The quantitative estimate of drug-likeness (QED) is 0.748. The molecule has 5 heteroatoms. The van der Waals surface area contributed by atoms with Crippen LogP contribution in [0.1, 0.15) is 49.6 Å². The fourth-order valence-electron chi connectivity index (χ4n) is 3.20. The minimum Gasteiger partial charge on any atom is -0.352 e. The van der Waals surface area contributed by atoms with Gasteiger partial charge in [-0.05, 0) is 19.3 Å². The first-order valence-electron chi connectivity index (χ1n) is 8.57. The number of Topliss-reactive ketones (excluding diaryl/α,β-unsaturated/α-hetero) is 1. The van der Waals surface area contributed by atoms with Gasteiger partial charge in [-0.2, -0.15) is 0 Å². The van der Waals surface area contributed by atoms with E-state index in [2.05, 4.69) is 10.5 Å². The summed E-state index contributed by atoms with van der Waals surface area (Å²) in [7, 11) is 0. The Labute approximate surface area is 149 Å². The van der Waals surface area contributed by atoms with Crippen LogP contribution in [0.3, 0.4) is 0 Å². The second kappa shape index (κ2) is 9.00. The van der Waals surface area contributed by atoms with Gasteiger partial charge in [0.1, 0.15) is 5.69 Å². The third kappa shape index (κ3) is 4.46. The van der Waals surface area contributed by atoms with E-state index < -0.39 is 0 Å². The van der Waals surface area contributed by atoms with Gasteiger partial charge < -0.3 is 9.84 Å². The number of carbonyl (C=O) groups excluding carboxylic acids is 1. The lowest BCUT2D eigenvalue weighted by atomic mass is 9.98. The number of nitrogens with one attached hydrogen (secondary N) is 1. The summed E-state index contributed by atoms with van der Waals surface area (Å²) < 4.78 is 5.31. The molecule has 1 atom stereocenters. The minimum absolute atomic E-state index is 0. The van der Waals surface area contributed by atoms with Crippen LogP contribution >= 0.6 is 12.4 Å². The summed E-state index contributed by atoms with van der Waals surface area (Å²) in [6, 6.07) is 12.1. The Kier molecular flexibility index (Phi) is 7.00. The molecule has 3 rings (SSSR count). The van der Waals surface area contributed by atoms with Crippen molar-refractivity contribution >= 4 is 18.2 Å². The monoisotopic (exact) mass is 348 g/mol. The molecule has 0 saturated heterocycles. The van der Waals surface area contributed by atoms with Crippen molar-refractivity contribution in [3.8, 4) is 11.3 Å². The molecule has 130 valence electrons. The molecule has 0 bridgehead atoms. The Bertz CT molecular complexity index is 636. The molecule has 2 aromatic rings. The van der Waals surface area contributed by atoms with E-state index in [-0.39, 0.29) is 24.1 Å². The Morgan fingerprint density at radius 3 is 2.67 bits per heavy atom. The molecular formula is C19H25ClN2O2. The van der Waals surface area contributed by atoms with Crippen molar-refractivity contribution in [2.45, 2.75) is 45.1 Å². The molecule has 1 aromatic heterocycles. The molecule has 1 saturated carbocycles. The topological polar surface area (TPSA) is 55.1 Å². The minimum atomic E-state index is -0.0489. The zero-order valence-electron chi connectivity index (χ0n) is 14.0. The summed E-state index contributed by atoms with van der Waals surface area (Å²) in [5.74, 6) is 0.365. The van der Waals surface area contributed by atoms with Crippen LogP contribution in [-0.4, -0.2) is 23.5 Å². The van der Waals surface area contributed by atoms with Crippen molar-refractivity contribution in [3.05, 3.63) is 42.2 Å². The van der Waals surface area contributed by atoms with E-state index in [1.807, 2.05) is 37.3 Å². The van der Waals surface area contributed by atoms with Crippen LogP contribution < -0.4 is 5.32 Å². The summed E-state index contributed by atoms with van der Waals surface area (Å²) in [5, 5.41) is 7.58. The predicted octanol–water partition coefficient (Wildman–Crippen LogP) is 4.50. The number of aromatic nitrogens is 1. The van der Waals surface area contributed by atoms with E-state index in [0.29, 0.717) is 17.5 Å². The van der Waals surface area contributed by atoms with E-state index in [1.54, 1.807) is 6.07 Å². The maximum Gasteiger partial charge on any atom is 0.205 e.